The molecule has 0 unspecified atom stereocenters. The molecule has 2 aromatic heterocycles. The highest BCUT2D eigenvalue weighted by Crippen LogP contribution is 1.89. The van der Waals surface area contributed by atoms with Gasteiger partial charge in [-0.15, -0.1) is 0 Å². The molecule has 0 aliphatic heterocycles. The topological polar surface area (TPSA) is 113 Å². The summed E-state index contributed by atoms with van der Waals surface area (Å²) in [6.07, 6.45) is 1.57. The van der Waals surface area contributed by atoms with E-state index in [0.717, 1.165) is 22.5 Å². The van der Waals surface area contributed by atoms with E-state index in [1.54, 1.807) is 12.3 Å². The monoisotopic (exact) mass is 249 g/mol. The second kappa shape index (κ2) is 5.13. The lowest BCUT2D eigenvalue weighted by Crippen LogP contribution is -2.35. The number of aromatic nitrogens is 4. The first-order valence-electron chi connectivity index (χ1n) is 5.20. The van der Waals surface area contributed by atoms with Crippen molar-refractivity contribution >= 4 is 5.91 Å². The Morgan fingerprint density at radius 1 is 1.33 bits per heavy atom. The number of carbonyl (C=O) groups excluding carboxylic acids is 1. The van der Waals surface area contributed by atoms with E-state index in [1.807, 2.05) is 0 Å². The van der Waals surface area contributed by atoms with Crippen LogP contribution in [-0.2, 0) is 17.9 Å². The molecule has 2 aromatic rings. The number of hydrogen-bond donors (Lipinski definition) is 3. The van der Waals surface area contributed by atoms with Gasteiger partial charge < -0.3 is 5.32 Å². The van der Waals surface area contributed by atoms with E-state index in [-0.39, 0.29) is 19.0 Å². The Kier molecular flexibility index (Phi) is 3.37. The molecule has 0 aliphatic rings. The van der Waals surface area contributed by atoms with Crippen LogP contribution < -0.4 is 16.4 Å². The summed E-state index contributed by atoms with van der Waals surface area (Å²) in [6, 6.07) is 3.94. The molecule has 0 atom stereocenters. The molecule has 8 nitrogen and oxygen atoms in total. The largest absolute Gasteiger partial charge is 0.349 e. The van der Waals surface area contributed by atoms with Gasteiger partial charge in [0.05, 0.1) is 12.2 Å². The van der Waals surface area contributed by atoms with Crippen molar-refractivity contribution in [1.29, 1.82) is 0 Å². The van der Waals surface area contributed by atoms with Crippen molar-refractivity contribution in [2.45, 2.75) is 13.1 Å². The van der Waals surface area contributed by atoms with Crippen molar-refractivity contribution < 1.29 is 4.79 Å². The van der Waals surface area contributed by atoms with Crippen molar-refractivity contribution in [2.75, 3.05) is 0 Å². The lowest BCUT2D eigenvalue weighted by atomic mass is 10.4. The zero-order valence-electron chi connectivity index (χ0n) is 9.34. The Balaban J connectivity index is 1.97. The second-order valence-corrected chi connectivity index (χ2v) is 3.59. The molecule has 2 rings (SSSR count). The molecule has 3 N–H and O–H groups in total. The summed E-state index contributed by atoms with van der Waals surface area (Å²) in [6.45, 7) is 0.0493. The molecule has 0 spiro atoms. The Morgan fingerprint density at radius 3 is 2.89 bits per heavy atom. The second-order valence-electron chi connectivity index (χ2n) is 3.59. The Labute approximate surface area is 101 Å². The van der Waals surface area contributed by atoms with Crippen LogP contribution in [0, 0.1) is 0 Å². The van der Waals surface area contributed by atoms with Crippen molar-refractivity contribution in [1.82, 2.24) is 25.3 Å². The smallest absolute Gasteiger partial charge is 0.265 e. The normalized spacial score (nSPS) is 10.2. The van der Waals surface area contributed by atoms with Crippen LogP contribution >= 0.6 is 0 Å². The Bertz CT molecular complexity index is 640. The van der Waals surface area contributed by atoms with Crippen LogP contribution in [0.15, 0.2) is 34.0 Å². The molecule has 0 saturated heterocycles. The fraction of sp³-hybridized carbons (Fsp3) is 0.200. The molecule has 0 radical (unpaired) electrons. The summed E-state index contributed by atoms with van der Waals surface area (Å²) < 4.78 is 0.949. The SMILES string of the molecule is O=C(Cn1[nH]c(=O)ccc1=O)NCc1ccn[nH]1. The maximum Gasteiger partial charge on any atom is 0.265 e. The molecule has 0 bridgehead atoms. The standard InChI is InChI=1S/C10H11N5O3/c16-8-1-2-10(18)15(14-8)6-9(17)11-5-7-3-4-12-13-7/h1-4H,5-6H2,(H,11,17)(H,12,13)(H,14,16). The zero-order valence-corrected chi connectivity index (χ0v) is 9.34. The minimum Gasteiger partial charge on any atom is -0.349 e. The summed E-state index contributed by atoms with van der Waals surface area (Å²) in [7, 11) is 0. The van der Waals surface area contributed by atoms with Crippen LogP contribution in [0.2, 0.25) is 0 Å². The molecule has 0 aliphatic carbocycles. The molecule has 94 valence electrons. The van der Waals surface area contributed by atoms with Crippen molar-refractivity contribution in [3.8, 4) is 0 Å². The van der Waals surface area contributed by atoms with Gasteiger partial charge in [0.15, 0.2) is 0 Å². The van der Waals surface area contributed by atoms with E-state index in [0.29, 0.717) is 0 Å². The van der Waals surface area contributed by atoms with E-state index >= 15 is 0 Å². The number of H-pyrrole nitrogens is 2. The maximum atomic E-state index is 11.5. The van der Waals surface area contributed by atoms with Crippen molar-refractivity contribution in [2.24, 2.45) is 0 Å². The molecule has 2 heterocycles. The van der Waals surface area contributed by atoms with Crippen LogP contribution in [0.1, 0.15) is 5.69 Å². The summed E-state index contributed by atoms with van der Waals surface area (Å²) in [5, 5.41) is 11.3. The van der Waals surface area contributed by atoms with Gasteiger partial charge in [0.1, 0.15) is 6.54 Å². The van der Waals surface area contributed by atoms with Gasteiger partial charge in [-0.25, -0.2) is 4.68 Å². The van der Waals surface area contributed by atoms with E-state index in [1.165, 1.54) is 0 Å². The zero-order chi connectivity index (χ0) is 13.0. The number of amides is 1. The number of rotatable bonds is 4. The first kappa shape index (κ1) is 11.8. The molecule has 1 amide bonds. The van der Waals surface area contributed by atoms with Crippen LogP contribution in [-0.4, -0.2) is 25.9 Å². The minimum atomic E-state index is -0.439. The van der Waals surface area contributed by atoms with Gasteiger partial charge in [-0.3, -0.25) is 24.6 Å². The average Bonchev–Trinajstić information content (AvgIpc) is 2.84. The number of carbonyl (C=O) groups is 1. The molecular formula is C10H11N5O3. The Morgan fingerprint density at radius 2 is 2.17 bits per heavy atom. The third-order valence-corrected chi connectivity index (χ3v) is 2.22. The van der Waals surface area contributed by atoms with Gasteiger partial charge in [-0.05, 0) is 6.07 Å². The van der Waals surface area contributed by atoms with Gasteiger partial charge >= 0.3 is 0 Å². The number of hydrogen-bond acceptors (Lipinski definition) is 4. The summed E-state index contributed by atoms with van der Waals surface area (Å²) in [5.74, 6) is -0.381. The highest BCUT2D eigenvalue weighted by atomic mass is 16.2. The summed E-state index contributed by atoms with van der Waals surface area (Å²) in [4.78, 5) is 33.9. The summed E-state index contributed by atoms with van der Waals surface area (Å²) >= 11 is 0. The van der Waals surface area contributed by atoms with E-state index in [2.05, 4.69) is 20.6 Å². The number of nitrogens with one attached hydrogen (secondary N) is 3. The van der Waals surface area contributed by atoms with Gasteiger partial charge in [-0.2, -0.15) is 5.10 Å². The van der Waals surface area contributed by atoms with Crippen LogP contribution in [0.25, 0.3) is 0 Å². The average molecular weight is 249 g/mol. The third-order valence-electron chi connectivity index (χ3n) is 2.22. The molecule has 0 saturated carbocycles. The summed E-state index contributed by atoms with van der Waals surface area (Å²) in [5.41, 5.74) is -0.125. The first-order chi connectivity index (χ1) is 8.65. The van der Waals surface area contributed by atoms with Gasteiger partial charge in [-0.1, -0.05) is 0 Å². The maximum absolute atomic E-state index is 11.5. The van der Waals surface area contributed by atoms with Crippen LogP contribution in [0.4, 0.5) is 0 Å². The molecule has 8 heteroatoms. The molecule has 0 aromatic carbocycles. The van der Waals surface area contributed by atoms with Crippen molar-refractivity contribution in [3.63, 3.8) is 0 Å². The van der Waals surface area contributed by atoms with Gasteiger partial charge in [0.2, 0.25) is 5.91 Å². The predicted octanol–water partition coefficient (Wildman–Crippen LogP) is -1.42. The minimum absolute atomic E-state index is 0.233. The predicted molar refractivity (Wildman–Crippen MR) is 61.8 cm³/mol. The van der Waals surface area contributed by atoms with E-state index in [4.69, 9.17) is 0 Å². The van der Waals surface area contributed by atoms with Crippen molar-refractivity contribution in [3.05, 3.63) is 50.8 Å². The molecular weight excluding hydrogens is 238 g/mol. The molecule has 18 heavy (non-hydrogen) atoms. The number of nitrogens with zero attached hydrogens (tertiary/aromatic N) is 2. The number of aromatic amines is 2. The Hall–Kier alpha value is -2.64. The fourth-order valence-electron chi connectivity index (χ4n) is 1.36. The highest BCUT2D eigenvalue weighted by Gasteiger charge is 2.05. The molecule has 0 fully saturated rings. The van der Waals surface area contributed by atoms with E-state index < -0.39 is 11.1 Å². The van der Waals surface area contributed by atoms with Gasteiger partial charge in [0.25, 0.3) is 11.1 Å². The van der Waals surface area contributed by atoms with E-state index in [9.17, 15) is 14.4 Å². The fourth-order valence-corrected chi connectivity index (χ4v) is 1.36. The third kappa shape index (κ3) is 2.94. The quantitative estimate of drug-likeness (QED) is 0.617. The lowest BCUT2D eigenvalue weighted by molar-refractivity contribution is -0.122. The van der Waals surface area contributed by atoms with Crippen LogP contribution in [0.3, 0.4) is 0 Å². The van der Waals surface area contributed by atoms with Gasteiger partial charge in [0, 0.05) is 18.3 Å². The highest BCUT2D eigenvalue weighted by molar-refractivity contribution is 5.75. The lowest BCUT2D eigenvalue weighted by Gasteiger charge is -2.05. The first-order valence-corrected chi connectivity index (χ1v) is 5.20. The van der Waals surface area contributed by atoms with Crippen LogP contribution in [0.5, 0.6) is 0 Å².